The summed E-state index contributed by atoms with van der Waals surface area (Å²) in [7, 11) is 0. The second-order valence-corrected chi connectivity index (χ2v) is 7.99. The highest BCUT2D eigenvalue weighted by Gasteiger charge is 2.12. The second-order valence-electron chi connectivity index (χ2n) is 6.30. The van der Waals surface area contributed by atoms with Gasteiger partial charge in [-0.3, -0.25) is 4.79 Å². The molecule has 1 heterocycles. The monoisotopic (exact) mass is 440 g/mol. The van der Waals surface area contributed by atoms with Crippen LogP contribution in [0, 0.1) is 5.92 Å². The normalized spacial score (nSPS) is 11.0. The van der Waals surface area contributed by atoms with Crippen LogP contribution in [0.4, 0.5) is 0 Å². The van der Waals surface area contributed by atoms with Gasteiger partial charge in [-0.05, 0) is 42.9 Å². The van der Waals surface area contributed by atoms with Gasteiger partial charge in [-0.25, -0.2) is 0 Å². The van der Waals surface area contributed by atoms with Crippen LogP contribution >= 0.6 is 27.7 Å². The van der Waals surface area contributed by atoms with Crippen LogP contribution in [-0.2, 0) is 17.8 Å². The van der Waals surface area contributed by atoms with Gasteiger partial charge >= 0.3 is 0 Å². The van der Waals surface area contributed by atoms with Gasteiger partial charge in [-0.1, -0.05) is 41.5 Å². The molecule has 0 unspecified atom stereocenters. The average molecular weight is 441 g/mol. The number of ether oxygens (including phenoxy) is 1. The Balaban J connectivity index is 1.72. The van der Waals surface area contributed by atoms with E-state index in [4.69, 9.17) is 4.74 Å². The minimum atomic E-state index is -0.124. The summed E-state index contributed by atoms with van der Waals surface area (Å²) in [5, 5.41) is 12.4. The molecule has 1 amide bonds. The van der Waals surface area contributed by atoms with Gasteiger partial charge in [-0.15, -0.1) is 10.2 Å². The number of aromatic nitrogens is 3. The molecule has 6 nitrogen and oxygen atoms in total. The Morgan fingerprint density at radius 1 is 1.31 bits per heavy atom. The van der Waals surface area contributed by atoms with Crippen LogP contribution < -0.4 is 10.1 Å². The van der Waals surface area contributed by atoms with Gasteiger partial charge in [0.05, 0.1) is 0 Å². The van der Waals surface area contributed by atoms with Gasteiger partial charge in [-0.2, -0.15) is 0 Å². The van der Waals surface area contributed by atoms with E-state index < -0.39 is 0 Å². The lowest BCUT2D eigenvalue weighted by molar-refractivity contribution is -0.123. The second kappa shape index (κ2) is 10.6. The fourth-order valence-corrected chi connectivity index (χ4v) is 3.20. The Hall–Kier alpha value is -1.54. The van der Waals surface area contributed by atoms with Crippen molar-refractivity contribution in [3.05, 3.63) is 34.6 Å². The minimum Gasteiger partial charge on any atom is -0.484 e. The molecule has 0 aliphatic rings. The molecular formula is C18H25BrN4O2S. The minimum absolute atomic E-state index is 0.0157. The Labute approximate surface area is 167 Å². The van der Waals surface area contributed by atoms with Crippen LogP contribution in [0.5, 0.6) is 5.75 Å². The van der Waals surface area contributed by atoms with E-state index in [9.17, 15) is 4.79 Å². The van der Waals surface area contributed by atoms with E-state index in [-0.39, 0.29) is 12.5 Å². The topological polar surface area (TPSA) is 69.0 Å². The largest absolute Gasteiger partial charge is 0.484 e. The number of benzene rings is 1. The van der Waals surface area contributed by atoms with E-state index in [1.165, 1.54) is 0 Å². The van der Waals surface area contributed by atoms with Gasteiger partial charge in [0.15, 0.2) is 11.8 Å². The molecule has 0 radical (unpaired) electrons. The molecule has 142 valence electrons. The smallest absolute Gasteiger partial charge is 0.257 e. The number of nitrogens with one attached hydrogen (secondary N) is 1. The maximum atomic E-state index is 11.9. The van der Waals surface area contributed by atoms with Crippen molar-refractivity contribution >= 4 is 33.6 Å². The first kappa shape index (κ1) is 20.8. The lowest BCUT2D eigenvalue weighted by atomic mass is 10.2. The third-order valence-corrected chi connectivity index (χ3v) is 4.80. The summed E-state index contributed by atoms with van der Waals surface area (Å²) in [6, 6.07) is 7.40. The number of thioether (sulfide) groups is 1. The van der Waals surface area contributed by atoms with Gasteiger partial charge in [0.1, 0.15) is 11.6 Å². The highest BCUT2D eigenvalue weighted by molar-refractivity contribution is 9.10. The Bertz CT molecular complexity index is 704. The Kier molecular flexibility index (Phi) is 8.44. The molecule has 0 spiro atoms. The van der Waals surface area contributed by atoms with Gasteiger partial charge in [0.25, 0.3) is 5.91 Å². The molecular weight excluding hydrogens is 416 g/mol. The predicted octanol–water partition coefficient (Wildman–Crippen LogP) is 3.55. The van der Waals surface area contributed by atoms with Crippen LogP contribution in [-0.4, -0.2) is 40.1 Å². The van der Waals surface area contributed by atoms with E-state index in [0.29, 0.717) is 18.2 Å². The molecule has 0 atom stereocenters. The average Bonchev–Trinajstić information content (AvgIpc) is 2.99. The first-order valence-electron chi connectivity index (χ1n) is 8.60. The maximum absolute atomic E-state index is 11.9. The SMILES string of the molecule is CSc1nnc(CCCNC(=O)COc2ccc(Br)cc2)n1CC(C)C. The summed E-state index contributed by atoms with van der Waals surface area (Å²) in [6.45, 7) is 5.87. The van der Waals surface area contributed by atoms with Crippen LogP contribution in [0.25, 0.3) is 0 Å². The van der Waals surface area contributed by atoms with Crippen LogP contribution in [0.1, 0.15) is 26.1 Å². The summed E-state index contributed by atoms with van der Waals surface area (Å²) in [5.74, 6) is 2.06. The number of amides is 1. The Morgan fingerprint density at radius 3 is 2.69 bits per heavy atom. The zero-order valence-electron chi connectivity index (χ0n) is 15.4. The fraction of sp³-hybridized carbons (Fsp3) is 0.500. The van der Waals surface area contributed by atoms with Crippen molar-refractivity contribution < 1.29 is 9.53 Å². The van der Waals surface area contributed by atoms with E-state index in [0.717, 1.165) is 34.8 Å². The molecule has 2 aromatic rings. The quantitative estimate of drug-likeness (QED) is 0.451. The molecule has 0 aliphatic heterocycles. The number of rotatable bonds is 10. The summed E-state index contributed by atoms with van der Waals surface area (Å²) >= 11 is 4.97. The molecule has 1 N–H and O–H groups in total. The van der Waals surface area contributed by atoms with Crippen LogP contribution in [0.2, 0.25) is 0 Å². The van der Waals surface area contributed by atoms with E-state index >= 15 is 0 Å². The molecule has 1 aromatic carbocycles. The molecule has 0 saturated carbocycles. The zero-order valence-corrected chi connectivity index (χ0v) is 17.8. The molecule has 0 saturated heterocycles. The number of halogens is 1. The molecule has 26 heavy (non-hydrogen) atoms. The summed E-state index contributed by atoms with van der Waals surface area (Å²) in [4.78, 5) is 11.9. The lowest BCUT2D eigenvalue weighted by Gasteiger charge is -2.12. The summed E-state index contributed by atoms with van der Waals surface area (Å²) in [6.07, 6.45) is 3.61. The summed E-state index contributed by atoms with van der Waals surface area (Å²) in [5.41, 5.74) is 0. The van der Waals surface area contributed by atoms with Crippen LogP contribution in [0.15, 0.2) is 33.9 Å². The number of aryl methyl sites for hydroxylation is 1. The van der Waals surface area contributed by atoms with Crippen molar-refractivity contribution in [1.29, 1.82) is 0 Å². The standard InChI is InChI=1S/C18H25BrN4O2S/c1-13(2)11-23-16(21-22-18(23)26-3)5-4-10-20-17(24)12-25-15-8-6-14(19)7-9-15/h6-9,13H,4-5,10-12H2,1-3H3,(H,20,24). The predicted molar refractivity (Wildman–Crippen MR) is 108 cm³/mol. The number of nitrogens with zero attached hydrogens (tertiary/aromatic N) is 3. The summed E-state index contributed by atoms with van der Waals surface area (Å²) < 4.78 is 8.61. The van der Waals surface area contributed by atoms with E-state index in [1.807, 2.05) is 30.5 Å². The molecule has 8 heteroatoms. The van der Waals surface area contributed by atoms with Crippen molar-refractivity contribution in [3.63, 3.8) is 0 Å². The van der Waals surface area contributed by atoms with Crippen molar-refractivity contribution in [1.82, 2.24) is 20.1 Å². The molecule has 1 aromatic heterocycles. The lowest BCUT2D eigenvalue weighted by Crippen LogP contribution is -2.30. The van der Waals surface area contributed by atoms with Gasteiger partial charge in [0.2, 0.25) is 0 Å². The highest BCUT2D eigenvalue weighted by Crippen LogP contribution is 2.17. The van der Waals surface area contributed by atoms with Crippen molar-refractivity contribution in [2.45, 2.75) is 38.4 Å². The number of carbonyl (C=O) groups excluding carboxylic acids is 1. The van der Waals surface area contributed by atoms with Gasteiger partial charge < -0.3 is 14.6 Å². The van der Waals surface area contributed by atoms with Crippen molar-refractivity contribution in [2.24, 2.45) is 5.92 Å². The maximum Gasteiger partial charge on any atom is 0.257 e. The number of hydrogen-bond acceptors (Lipinski definition) is 5. The molecule has 0 fully saturated rings. The third-order valence-electron chi connectivity index (χ3n) is 3.61. The molecule has 0 bridgehead atoms. The fourth-order valence-electron chi connectivity index (χ4n) is 2.41. The molecule has 2 rings (SSSR count). The van der Waals surface area contributed by atoms with Crippen LogP contribution in [0.3, 0.4) is 0 Å². The molecule has 0 aliphatic carbocycles. The highest BCUT2D eigenvalue weighted by atomic mass is 79.9. The van der Waals surface area contributed by atoms with E-state index in [1.54, 1.807) is 11.8 Å². The number of carbonyl (C=O) groups is 1. The number of hydrogen-bond donors (Lipinski definition) is 1. The zero-order chi connectivity index (χ0) is 18.9. The third kappa shape index (κ3) is 6.64. The Morgan fingerprint density at radius 2 is 2.04 bits per heavy atom. The van der Waals surface area contributed by atoms with Crippen molar-refractivity contribution in [2.75, 3.05) is 19.4 Å². The first-order valence-corrected chi connectivity index (χ1v) is 10.6. The first-order chi connectivity index (χ1) is 12.5. The van der Waals surface area contributed by atoms with Gasteiger partial charge in [0, 0.05) is 24.0 Å². The van der Waals surface area contributed by atoms with Crippen molar-refractivity contribution in [3.8, 4) is 5.75 Å². The van der Waals surface area contributed by atoms with E-state index in [2.05, 4.69) is 49.9 Å².